The Morgan fingerprint density at radius 3 is 2.76 bits per heavy atom. The lowest BCUT2D eigenvalue weighted by atomic mass is 9.39. The third-order valence-electron chi connectivity index (χ3n) is 6.61. The monoisotopic (exact) mass is 488 g/mol. The van der Waals surface area contributed by atoms with Gasteiger partial charge in [0.1, 0.15) is 11.6 Å². The lowest BCUT2D eigenvalue weighted by Gasteiger charge is -2.68. The maximum Gasteiger partial charge on any atom is 0.401 e. The van der Waals surface area contributed by atoms with Gasteiger partial charge in [0.25, 0.3) is 5.91 Å². The van der Waals surface area contributed by atoms with E-state index in [1.54, 1.807) is 0 Å². The van der Waals surface area contributed by atoms with E-state index in [2.05, 4.69) is 15.5 Å². The molecule has 1 aromatic heterocycles. The highest BCUT2D eigenvalue weighted by molar-refractivity contribution is 6.30. The molecule has 4 aliphatic rings. The fourth-order valence-electron chi connectivity index (χ4n) is 5.24. The highest BCUT2D eigenvalue weighted by Gasteiger charge is 2.71. The van der Waals surface area contributed by atoms with Crippen molar-refractivity contribution >= 4 is 17.5 Å². The Morgan fingerprint density at radius 2 is 2.06 bits per heavy atom. The van der Waals surface area contributed by atoms with Gasteiger partial charge in [0.05, 0.1) is 22.9 Å². The van der Waals surface area contributed by atoms with Crippen LogP contribution in [0.3, 0.4) is 0 Å². The smallest absolute Gasteiger partial charge is 0.401 e. The number of alkyl halides is 3. The minimum atomic E-state index is -4.23. The second-order valence-electron chi connectivity index (χ2n) is 9.29. The first-order valence-electron chi connectivity index (χ1n) is 10.6. The summed E-state index contributed by atoms with van der Waals surface area (Å²) in [6, 6.07) is 3.95. The molecule has 4 fully saturated rings. The van der Waals surface area contributed by atoms with Crippen LogP contribution in [0, 0.1) is 5.82 Å². The number of benzene rings is 1. The van der Waals surface area contributed by atoms with Gasteiger partial charge in [-0.2, -0.15) is 13.2 Å². The summed E-state index contributed by atoms with van der Waals surface area (Å²) in [6.07, 6.45) is -1.74. The summed E-state index contributed by atoms with van der Waals surface area (Å²) < 4.78 is 62.4. The second-order valence-corrected chi connectivity index (χ2v) is 9.69. The van der Waals surface area contributed by atoms with Crippen molar-refractivity contribution in [3.8, 4) is 5.75 Å². The lowest BCUT2D eigenvalue weighted by Crippen LogP contribution is -2.77. The minimum Gasteiger partial charge on any atom is -0.484 e. The van der Waals surface area contributed by atoms with Crippen molar-refractivity contribution < 1.29 is 31.5 Å². The summed E-state index contributed by atoms with van der Waals surface area (Å²) in [4.78, 5) is 13.6. The number of aromatic nitrogens is 2. The van der Waals surface area contributed by atoms with Crippen LogP contribution in [-0.4, -0.2) is 59.0 Å². The standard InChI is InChI=1S/C21H21ClF4N4O3/c22-14-2-1-13(5-15(14)23)32-7-16(31)27-20-8-19(9-20,10-20)18-29-28-17(33-18)12-3-4-30(6-12)11-21(24,25)26/h1-2,5,12H,3-4,6-11H2,(H,27,31). The van der Waals surface area contributed by atoms with Crippen LogP contribution >= 0.6 is 11.6 Å². The molecule has 6 rings (SSSR count). The molecule has 1 saturated heterocycles. The molecule has 1 unspecified atom stereocenters. The van der Waals surface area contributed by atoms with E-state index in [-0.39, 0.29) is 46.7 Å². The van der Waals surface area contributed by atoms with E-state index in [0.717, 1.165) is 6.07 Å². The van der Waals surface area contributed by atoms with Crippen LogP contribution in [0.1, 0.15) is 43.4 Å². The van der Waals surface area contributed by atoms with E-state index in [1.807, 2.05) is 0 Å². The van der Waals surface area contributed by atoms with Crippen molar-refractivity contribution in [3.63, 3.8) is 0 Å². The van der Waals surface area contributed by atoms with E-state index in [4.69, 9.17) is 20.8 Å². The zero-order chi connectivity index (χ0) is 23.4. The first-order chi connectivity index (χ1) is 15.5. The molecule has 1 aliphatic heterocycles. The maximum absolute atomic E-state index is 13.5. The quantitative estimate of drug-likeness (QED) is 0.600. The van der Waals surface area contributed by atoms with Crippen LogP contribution in [-0.2, 0) is 10.2 Å². The lowest BCUT2D eigenvalue weighted by molar-refractivity contribution is -0.144. The van der Waals surface area contributed by atoms with Crippen molar-refractivity contribution in [2.45, 2.75) is 48.7 Å². The normalized spacial score (nSPS) is 28.8. The van der Waals surface area contributed by atoms with Crippen LogP contribution < -0.4 is 10.1 Å². The number of halogens is 5. The Hall–Kier alpha value is -2.40. The van der Waals surface area contributed by atoms with Crippen LogP contribution in [0.5, 0.6) is 5.75 Å². The Labute approximate surface area is 191 Å². The Morgan fingerprint density at radius 1 is 1.30 bits per heavy atom. The second kappa shape index (κ2) is 7.83. The Kier molecular flexibility index (Phi) is 5.32. The molecule has 1 N–H and O–H groups in total. The van der Waals surface area contributed by atoms with Gasteiger partial charge in [-0.1, -0.05) is 11.6 Å². The molecule has 1 aromatic carbocycles. The number of likely N-dealkylation sites (tertiary alicyclic amines) is 1. The number of hydrogen-bond acceptors (Lipinski definition) is 6. The fourth-order valence-corrected chi connectivity index (χ4v) is 5.36. The Bertz CT molecular complexity index is 1060. The molecule has 3 saturated carbocycles. The molecular weight excluding hydrogens is 468 g/mol. The van der Waals surface area contributed by atoms with Crippen LogP contribution in [0.25, 0.3) is 0 Å². The van der Waals surface area contributed by atoms with Crippen LogP contribution in [0.15, 0.2) is 22.6 Å². The third kappa shape index (κ3) is 4.40. The number of nitrogens with one attached hydrogen (secondary N) is 1. The Balaban J connectivity index is 1.10. The van der Waals surface area contributed by atoms with Gasteiger partial charge in [-0.15, -0.1) is 10.2 Å². The molecule has 33 heavy (non-hydrogen) atoms. The van der Waals surface area contributed by atoms with Gasteiger partial charge in [0.2, 0.25) is 11.8 Å². The van der Waals surface area contributed by atoms with Crippen molar-refractivity contribution in [3.05, 3.63) is 40.8 Å². The van der Waals surface area contributed by atoms with Gasteiger partial charge in [0.15, 0.2) is 6.61 Å². The summed E-state index contributed by atoms with van der Waals surface area (Å²) in [5.41, 5.74) is -0.639. The summed E-state index contributed by atoms with van der Waals surface area (Å²) in [5, 5.41) is 11.2. The zero-order valence-electron chi connectivity index (χ0n) is 17.4. The van der Waals surface area contributed by atoms with E-state index in [9.17, 15) is 22.4 Å². The van der Waals surface area contributed by atoms with E-state index in [0.29, 0.717) is 44.0 Å². The summed E-state index contributed by atoms with van der Waals surface area (Å²) >= 11 is 5.62. The fraction of sp³-hybridized carbons (Fsp3) is 0.571. The molecule has 178 valence electrons. The van der Waals surface area contributed by atoms with E-state index < -0.39 is 18.5 Å². The van der Waals surface area contributed by atoms with Gasteiger partial charge in [-0.25, -0.2) is 4.39 Å². The first kappa shape index (κ1) is 22.4. The summed E-state index contributed by atoms with van der Waals surface area (Å²) in [6.45, 7) is -0.609. The molecule has 12 heteroatoms. The van der Waals surface area contributed by atoms with Crippen LogP contribution in [0.4, 0.5) is 17.6 Å². The van der Waals surface area contributed by atoms with Crippen LogP contribution in [0.2, 0.25) is 5.02 Å². The highest BCUT2D eigenvalue weighted by atomic mass is 35.5. The first-order valence-corrected chi connectivity index (χ1v) is 10.9. The van der Waals surface area contributed by atoms with E-state index in [1.165, 1.54) is 17.0 Å². The number of carbonyl (C=O) groups excluding carboxylic acids is 1. The number of hydrogen-bond donors (Lipinski definition) is 1. The van der Waals surface area contributed by atoms with Crippen molar-refractivity contribution in [1.82, 2.24) is 20.4 Å². The number of ether oxygens (including phenoxy) is 1. The van der Waals surface area contributed by atoms with Crippen molar-refractivity contribution in [2.75, 3.05) is 26.2 Å². The topological polar surface area (TPSA) is 80.5 Å². The number of nitrogens with zero attached hydrogens (tertiary/aromatic N) is 3. The minimum absolute atomic E-state index is 0.0262. The van der Waals surface area contributed by atoms with Gasteiger partial charge >= 0.3 is 6.18 Å². The highest BCUT2D eigenvalue weighted by Crippen LogP contribution is 2.67. The predicted molar refractivity (Wildman–Crippen MR) is 107 cm³/mol. The molecule has 1 amide bonds. The van der Waals surface area contributed by atoms with Gasteiger partial charge in [-0.05, 0) is 44.4 Å². The summed E-state index contributed by atoms with van der Waals surface area (Å²) in [7, 11) is 0. The largest absolute Gasteiger partial charge is 0.484 e. The molecule has 3 aliphatic carbocycles. The molecule has 0 radical (unpaired) electrons. The van der Waals surface area contributed by atoms with Crippen molar-refractivity contribution in [2.24, 2.45) is 0 Å². The molecule has 2 bridgehead atoms. The van der Waals surface area contributed by atoms with E-state index >= 15 is 0 Å². The molecule has 2 heterocycles. The zero-order valence-corrected chi connectivity index (χ0v) is 18.2. The van der Waals surface area contributed by atoms with Gasteiger partial charge in [0, 0.05) is 18.2 Å². The number of rotatable bonds is 7. The average Bonchev–Trinajstić information content (AvgIpc) is 3.32. The molecule has 1 atom stereocenters. The molecular formula is C21H21ClF4N4O3. The number of carbonyl (C=O) groups is 1. The molecule has 2 aromatic rings. The maximum atomic E-state index is 13.5. The van der Waals surface area contributed by atoms with Gasteiger partial charge in [-0.3, -0.25) is 9.69 Å². The van der Waals surface area contributed by atoms with Crippen molar-refractivity contribution in [1.29, 1.82) is 0 Å². The third-order valence-corrected chi connectivity index (χ3v) is 6.92. The SMILES string of the molecule is O=C(COc1ccc(Cl)c(F)c1)NC12CC(c3nnc(C4CCN(CC(F)(F)F)C4)o3)(C1)C2. The van der Waals surface area contributed by atoms with Gasteiger partial charge < -0.3 is 14.5 Å². The average molecular weight is 489 g/mol. The summed E-state index contributed by atoms with van der Waals surface area (Å²) in [5.74, 6) is -0.0809. The predicted octanol–water partition coefficient (Wildman–Crippen LogP) is 3.58. The number of amides is 1. The molecule has 7 nitrogen and oxygen atoms in total. The molecule has 0 spiro atoms.